The zero-order chi connectivity index (χ0) is 19.2. The van der Waals surface area contributed by atoms with Crippen LogP contribution in [0.1, 0.15) is 39.0 Å². The quantitative estimate of drug-likeness (QED) is 0.695. The number of piperidine rings is 1. The van der Waals surface area contributed by atoms with Crippen LogP contribution in [0.15, 0.2) is 47.7 Å². The summed E-state index contributed by atoms with van der Waals surface area (Å²) in [6, 6.07) is 10.4. The zero-order valence-corrected chi connectivity index (χ0v) is 16.8. The number of pyridine rings is 1. The van der Waals surface area contributed by atoms with Crippen LogP contribution in [0.5, 0.6) is 5.75 Å². The summed E-state index contributed by atoms with van der Waals surface area (Å²) in [6.07, 6.45) is 12.1. The van der Waals surface area contributed by atoms with Gasteiger partial charge >= 0.3 is 0 Å². The summed E-state index contributed by atoms with van der Waals surface area (Å²) < 4.78 is 5.96. The van der Waals surface area contributed by atoms with E-state index in [0.29, 0.717) is 0 Å². The van der Waals surface area contributed by atoms with Crippen LogP contribution >= 0.6 is 0 Å². The van der Waals surface area contributed by atoms with Crippen LogP contribution < -0.4 is 20.2 Å². The second kappa shape index (κ2) is 9.20. The molecular weight excluding hydrogens is 348 g/mol. The Labute approximate surface area is 167 Å². The highest BCUT2D eigenvalue weighted by Gasteiger charge is 2.17. The van der Waals surface area contributed by atoms with Gasteiger partial charge in [0.05, 0.1) is 12.0 Å². The molecule has 1 atom stereocenters. The molecule has 0 amide bonds. The first kappa shape index (κ1) is 18.9. The van der Waals surface area contributed by atoms with Gasteiger partial charge in [0, 0.05) is 36.0 Å². The van der Waals surface area contributed by atoms with E-state index in [4.69, 9.17) is 9.73 Å². The number of hydrogen-bond acceptors (Lipinski definition) is 5. The summed E-state index contributed by atoms with van der Waals surface area (Å²) in [4.78, 5) is 13.9. The molecular formula is C23H30N4O. The molecule has 28 heavy (non-hydrogen) atoms. The minimum atomic E-state index is 0.117. The molecule has 0 radical (unpaired) electrons. The number of ether oxygens (including phenoxy) is 1. The lowest BCUT2D eigenvalue weighted by Gasteiger charge is -2.29. The normalized spacial score (nSPS) is 19.5. The van der Waals surface area contributed by atoms with Gasteiger partial charge in [-0.1, -0.05) is 13.3 Å². The largest absolute Gasteiger partial charge is 0.494 e. The monoisotopic (exact) mass is 378 g/mol. The molecule has 0 N–H and O–H groups in total. The highest BCUT2D eigenvalue weighted by atomic mass is 16.5. The first-order chi connectivity index (χ1) is 13.8. The molecule has 1 unspecified atom stereocenters. The SMILES string of the molecule is CCC1N=c2ccncc2=CN1c1ccc(OCCCN2CCCCC2)cc1. The summed E-state index contributed by atoms with van der Waals surface area (Å²) in [5, 5.41) is 2.08. The fourth-order valence-corrected chi connectivity index (χ4v) is 3.99. The zero-order valence-electron chi connectivity index (χ0n) is 16.8. The van der Waals surface area contributed by atoms with E-state index in [1.165, 1.54) is 32.4 Å². The van der Waals surface area contributed by atoms with Gasteiger partial charge in [0.15, 0.2) is 0 Å². The Kier molecular flexibility index (Phi) is 6.22. The standard InChI is InChI=1S/C23H30N4O/c1-2-23-25-22-11-12-24-17-19(22)18-27(23)20-7-9-21(10-8-20)28-16-6-15-26-13-4-3-5-14-26/h7-12,17-18,23H,2-6,13-16H2,1H3. The van der Waals surface area contributed by atoms with Crippen LogP contribution in [0.3, 0.4) is 0 Å². The molecule has 2 aliphatic rings. The predicted molar refractivity (Wildman–Crippen MR) is 113 cm³/mol. The van der Waals surface area contributed by atoms with E-state index in [2.05, 4.69) is 52.2 Å². The van der Waals surface area contributed by atoms with Gasteiger partial charge in [-0.25, -0.2) is 0 Å². The van der Waals surface area contributed by atoms with Gasteiger partial charge in [-0.3, -0.25) is 9.98 Å². The summed E-state index contributed by atoms with van der Waals surface area (Å²) in [5.74, 6) is 0.937. The van der Waals surface area contributed by atoms with Crippen LogP contribution in [0.4, 0.5) is 5.69 Å². The van der Waals surface area contributed by atoms with Crippen LogP contribution in [0.25, 0.3) is 6.20 Å². The van der Waals surface area contributed by atoms with Crippen molar-refractivity contribution in [3.05, 3.63) is 53.3 Å². The van der Waals surface area contributed by atoms with Gasteiger partial charge in [0.2, 0.25) is 0 Å². The van der Waals surface area contributed by atoms with Crippen molar-refractivity contribution >= 4 is 11.9 Å². The fraction of sp³-hybridized carbons (Fsp3) is 0.478. The van der Waals surface area contributed by atoms with Crippen molar-refractivity contribution in [2.24, 2.45) is 4.99 Å². The van der Waals surface area contributed by atoms with Crippen LogP contribution in [0, 0.1) is 0 Å². The Morgan fingerprint density at radius 2 is 1.89 bits per heavy atom. The molecule has 4 rings (SSSR count). The number of likely N-dealkylation sites (tertiary alicyclic amines) is 1. The Hall–Kier alpha value is -2.40. The second-order valence-corrected chi connectivity index (χ2v) is 7.59. The van der Waals surface area contributed by atoms with Gasteiger partial charge in [0.25, 0.3) is 0 Å². The Morgan fingerprint density at radius 1 is 1.07 bits per heavy atom. The van der Waals surface area contributed by atoms with Gasteiger partial charge in [-0.15, -0.1) is 0 Å². The maximum atomic E-state index is 5.96. The number of benzene rings is 1. The third-order valence-electron chi connectivity index (χ3n) is 5.55. The average molecular weight is 379 g/mol. The number of aromatic nitrogens is 1. The van der Waals surface area contributed by atoms with E-state index in [1.54, 1.807) is 6.20 Å². The third-order valence-corrected chi connectivity index (χ3v) is 5.55. The van der Waals surface area contributed by atoms with E-state index in [1.807, 2.05) is 12.3 Å². The highest BCUT2D eigenvalue weighted by molar-refractivity contribution is 5.61. The van der Waals surface area contributed by atoms with Crippen molar-refractivity contribution in [3.63, 3.8) is 0 Å². The Bertz CT molecular complexity index is 874. The van der Waals surface area contributed by atoms with E-state index in [0.717, 1.165) is 48.0 Å². The Balaban J connectivity index is 1.35. The summed E-state index contributed by atoms with van der Waals surface area (Å²) >= 11 is 0. The number of nitrogens with zero attached hydrogens (tertiary/aromatic N) is 4. The van der Waals surface area contributed by atoms with Crippen LogP contribution in [-0.2, 0) is 0 Å². The van der Waals surface area contributed by atoms with Crippen molar-refractivity contribution in [2.45, 2.75) is 45.2 Å². The van der Waals surface area contributed by atoms with Crippen molar-refractivity contribution < 1.29 is 4.74 Å². The minimum Gasteiger partial charge on any atom is -0.494 e. The highest BCUT2D eigenvalue weighted by Crippen LogP contribution is 2.24. The molecule has 148 valence electrons. The fourth-order valence-electron chi connectivity index (χ4n) is 3.99. The van der Waals surface area contributed by atoms with Crippen molar-refractivity contribution in [1.82, 2.24) is 9.88 Å². The summed E-state index contributed by atoms with van der Waals surface area (Å²) in [5.41, 5.74) is 1.13. The average Bonchev–Trinajstić information content (AvgIpc) is 2.77. The molecule has 0 saturated carbocycles. The molecule has 2 aromatic rings. The number of rotatable bonds is 7. The van der Waals surface area contributed by atoms with E-state index >= 15 is 0 Å². The van der Waals surface area contributed by atoms with Gasteiger partial charge < -0.3 is 14.5 Å². The van der Waals surface area contributed by atoms with Gasteiger partial charge in [0.1, 0.15) is 11.9 Å². The smallest absolute Gasteiger partial charge is 0.125 e. The maximum Gasteiger partial charge on any atom is 0.125 e. The summed E-state index contributed by atoms with van der Waals surface area (Å²) in [7, 11) is 0. The van der Waals surface area contributed by atoms with Crippen LogP contribution in [-0.4, -0.2) is 42.3 Å². The summed E-state index contributed by atoms with van der Waals surface area (Å²) in [6.45, 7) is 6.60. The molecule has 5 nitrogen and oxygen atoms in total. The molecule has 1 fully saturated rings. The minimum absolute atomic E-state index is 0.117. The molecule has 0 spiro atoms. The van der Waals surface area contributed by atoms with Gasteiger partial charge in [-0.2, -0.15) is 0 Å². The van der Waals surface area contributed by atoms with Crippen molar-refractivity contribution in [1.29, 1.82) is 0 Å². The lowest BCUT2D eigenvalue weighted by Crippen LogP contribution is -2.41. The van der Waals surface area contributed by atoms with Crippen molar-refractivity contribution in [3.8, 4) is 5.75 Å². The van der Waals surface area contributed by atoms with Crippen LogP contribution in [0.2, 0.25) is 0 Å². The van der Waals surface area contributed by atoms with Crippen molar-refractivity contribution in [2.75, 3.05) is 31.1 Å². The topological polar surface area (TPSA) is 41.0 Å². The molecule has 0 aliphatic carbocycles. The van der Waals surface area contributed by atoms with E-state index < -0.39 is 0 Å². The predicted octanol–water partition coefficient (Wildman–Crippen LogP) is 2.95. The van der Waals surface area contributed by atoms with Gasteiger partial charge in [-0.05, 0) is 69.1 Å². The Morgan fingerprint density at radius 3 is 2.68 bits per heavy atom. The number of hydrogen-bond donors (Lipinski definition) is 0. The van der Waals surface area contributed by atoms with E-state index in [-0.39, 0.29) is 6.17 Å². The molecule has 1 aromatic carbocycles. The lowest BCUT2D eigenvalue weighted by molar-refractivity contribution is 0.205. The maximum absolute atomic E-state index is 5.96. The molecule has 1 saturated heterocycles. The first-order valence-electron chi connectivity index (χ1n) is 10.6. The molecule has 3 heterocycles. The first-order valence-corrected chi connectivity index (χ1v) is 10.6. The lowest BCUT2D eigenvalue weighted by atomic mass is 10.1. The third kappa shape index (κ3) is 4.53. The molecule has 5 heteroatoms. The number of fused-ring (bicyclic) bond motifs is 1. The number of anilines is 1. The van der Waals surface area contributed by atoms with E-state index in [9.17, 15) is 0 Å². The molecule has 2 aliphatic heterocycles. The molecule has 0 bridgehead atoms. The molecule has 1 aromatic heterocycles. The second-order valence-electron chi connectivity index (χ2n) is 7.59.